The maximum Gasteiger partial charge on any atom is 0.282 e. The van der Waals surface area contributed by atoms with Gasteiger partial charge in [0.2, 0.25) is 0 Å². The summed E-state index contributed by atoms with van der Waals surface area (Å²) in [5.74, 6) is 0.318. The molecule has 2 heterocycles. The van der Waals surface area contributed by atoms with Gasteiger partial charge in [-0.3, -0.25) is 0 Å². The van der Waals surface area contributed by atoms with Gasteiger partial charge in [-0.05, 0) is 52.0 Å². The minimum Gasteiger partial charge on any atom is -0.330 e. The van der Waals surface area contributed by atoms with Gasteiger partial charge in [0.1, 0.15) is 0 Å². The highest BCUT2D eigenvalue weighted by Gasteiger charge is 2.39. The number of hydrogen-bond acceptors (Lipinski definition) is 3. The topological polar surface area (TPSA) is 66.6 Å². The van der Waals surface area contributed by atoms with Crippen molar-refractivity contribution in [1.82, 2.24) is 8.61 Å². The fourth-order valence-electron chi connectivity index (χ4n) is 3.41. The van der Waals surface area contributed by atoms with Crippen LogP contribution in [-0.4, -0.2) is 48.7 Å². The van der Waals surface area contributed by atoms with Crippen molar-refractivity contribution in [3.8, 4) is 0 Å². The van der Waals surface area contributed by atoms with Crippen molar-refractivity contribution in [3.63, 3.8) is 0 Å². The lowest BCUT2D eigenvalue weighted by Crippen LogP contribution is -2.55. The molecule has 0 aliphatic carbocycles. The second-order valence-electron chi connectivity index (χ2n) is 6.07. The molecule has 0 radical (unpaired) electrons. The van der Waals surface area contributed by atoms with E-state index in [1.54, 1.807) is 8.61 Å². The summed E-state index contributed by atoms with van der Waals surface area (Å²) in [6.07, 6.45) is 5.04. The third-order valence-electron chi connectivity index (χ3n) is 4.52. The Balaban J connectivity index is 2.16. The maximum atomic E-state index is 12.8. The second-order valence-corrected chi connectivity index (χ2v) is 7.90. The smallest absolute Gasteiger partial charge is 0.282 e. The molecule has 0 bridgehead atoms. The predicted molar refractivity (Wildman–Crippen MR) is 76.9 cm³/mol. The molecule has 5 nitrogen and oxygen atoms in total. The van der Waals surface area contributed by atoms with Crippen LogP contribution < -0.4 is 5.73 Å². The average Bonchev–Trinajstić information content (AvgIpc) is 2.38. The van der Waals surface area contributed by atoms with E-state index in [-0.39, 0.29) is 12.1 Å². The van der Waals surface area contributed by atoms with Crippen LogP contribution in [0.15, 0.2) is 0 Å². The highest BCUT2D eigenvalue weighted by molar-refractivity contribution is 7.86. The average molecular weight is 289 g/mol. The summed E-state index contributed by atoms with van der Waals surface area (Å²) in [5, 5.41) is 0. The molecule has 2 aliphatic heterocycles. The molecule has 0 spiro atoms. The first-order valence-electron chi connectivity index (χ1n) is 7.45. The molecule has 0 aromatic rings. The maximum absolute atomic E-state index is 12.8. The van der Waals surface area contributed by atoms with Gasteiger partial charge in [0.25, 0.3) is 10.2 Å². The Morgan fingerprint density at radius 1 is 1.11 bits per heavy atom. The van der Waals surface area contributed by atoms with Crippen molar-refractivity contribution in [3.05, 3.63) is 0 Å². The van der Waals surface area contributed by atoms with E-state index in [9.17, 15) is 8.42 Å². The lowest BCUT2D eigenvalue weighted by Gasteiger charge is -2.42. The summed E-state index contributed by atoms with van der Waals surface area (Å²) in [7, 11) is -3.32. The third kappa shape index (κ3) is 3.12. The Labute approximate surface area is 117 Å². The first kappa shape index (κ1) is 15.2. The highest BCUT2D eigenvalue weighted by atomic mass is 32.2. The molecule has 0 aromatic carbocycles. The van der Waals surface area contributed by atoms with Crippen LogP contribution in [0.25, 0.3) is 0 Å². The van der Waals surface area contributed by atoms with E-state index in [2.05, 4.69) is 0 Å². The quantitative estimate of drug-likeness (QED) is 0.848. The molecular formula is C13H27N3O2S. The van der Waals surface area contributed by atoms with Crippen LogP contribution in [0.2, 0.25) is 0 Å². The number of piperidine rings is 2. The molecule has 3 atom stereocenters. The number of rotatable bonds is 3. The van der Waals surface area contributed by atoms with E-state index >= 15 is 0 Å². The first-order valence-corrected chi connectivity index (χ1v) is 8.85. The fourth-order valence-corrected chi connectivity index (χ4v) is 5.56. The predicted octanol–water partition coefficient (Wildman–Crippen LogP) is 1.16. The van der Waals surface area contributed by atoms with Gasteiger partial charge in [-0.15, -0.1) is 0 Å². The van der Waals surface area contributed by atoms with Crippen LogP contribution in [-0.2, 0) is 10.2 Å². The van der Waals surface area contributed by atoms with Gasteiger partial charge in [0.15, 0.2) is 0 Å². The molecule has 2 saturated heterocycles. The van der Waals surface area contributed by atoms with Gasteiger partial charge in [-0.2, -0.15) is 17.0 Å². The van der Waals surface area contributed by atoms with Gasteiger partial charge in [-0.1, -0.05) is 6.42 Å². The minimum absolute atomic E-state index is 0.118. The molecule has 6 heteroatoms. The number of hydrogen-bond donors (Lipinski definition) is 1. The van der Waals surface area contributed by atoms with Gasteiger partial charge >= 0.3 is 0 Å². The summed E-state index contributed by atoms with van der Waals surface area (Å²) in [4.78, 5) is 0. The zero-order chi connectivity index (χ0) is 14.0. The second kappa shape index (κ2) is 6.08. The summed E-state index contributed by atoms with van der Waals surface area (Å²) in [6.45, 7) is 5.87. The van der Waals surface area contributed by atoms with Crippen molar-refractivity contribution >= 4 is 10.2 Å². The Kier molecular flexibility index (Phi) is 4.87. The molecule has 3 unspecified atom stereocenters. The van der Waals surface area contributed by atoms with E-state index in [4.69, 9.17) is 5.73 Å². The molecule has 2 rings (SSSR count). The van der Waals surface area contributed by atoms with Crippen LogP contribution in [0.3, 0.4) is 0 Å². The van der Waals surface area contributed by atoms with Gasteiger partial charge in [0.05, 0.1) is 0 Å². The molecular weight excluding hydrogens is 262 g/mol. The molecule has 0 amide bonds. The normalized spacial score (nSPS) is 35.4. The number of nitrogens with two attached hydrogens (primary N) is 1. The Hall–Kier alpha value is -0.170. The molecule has 2 N–H and O–H groups in total. The summed E-state index contributed by atoms with van der Waals surface area (Å²) >= 11 is 0. The van der Waals surface area contributed by atoms with Crippen molar-refractivity contribution in [1.29, 1.82) is 0 Å². The Morgan fingerprint density at radius 3 is 2.32 bits per heavy atom. The summed E-state index contributed by atoms with van der Waals surface area (Å²) in [5.41, 5.74) is 5.71. The lowest BCUT2D eigenvalue weighted by molar-refractivity contribution is 0.175. The molecule has 2 fully saturated rings. The number of nitrogens with zero attached hydrogens (tertiary/aromatic N) is 2. The summed E-state index contributed by atoms with van der Waals surface area (Å²) in [6, 6.07) is 0.235. The van der Waals surface area contributed by atoms with Crippen molar-refractivity contribution in [2.24, 2.45) is 11.7 Å². The molecule has 112 valence electrons. The summed E-state index contributed by atoms with van der Waals surface area (Å²) < 4.78 is 29.1. The van der Waals surface area contributed by atoms with Crippen LogP contribution in [0.1, 0.15) is 46.0 Å². The molecule has 19 heavy (non-hydrogen) atoms. The Bertz CT molecular complexity index is 389. The van der Waals surface area contributed by atoms with E-state index in [0.717, 1.165) is 32.1 Å². The zero-order valence-electron chi connectivity index (χ0n) is 12.1. The van der Waals surface area contributed by atoms with E-state index in [1.165, 1.54) is 0 Å². The Morgan fingerprint density at radius 2 is 1.74 bits per heavy atom. The van der Waals surface area contributed by atoms with Crippen molar-refractivity contribution in [2.75, 3.05) is 19.6 Å². The monoisotopic (exact) mass is 289 g/mol. The molecule has 0 aromatic heterocycles. The van der Waals surface area contributed by atoms with Crippen molar-refractivity contribution in [2.45, 2.75) is 58.0 Å². The minimum atomic E-state index is -3.32. The van der Waals surface area contributed by atoms with Crippen molar-refractivity contribution < 1.29 is 8.42 Å². The molecule has 2 aliphatic rings. The van der Waals surface area contributed by atoms with Crippen LogP contribution in [0.4, 0.5) is 0 Å². The standard InChI is InChI=1S/C13H27N3O2S/c1-11-5-3-6-12(2)16(11)19(17,18)15-8-4-7-13(9-14)10-15/h11-13H,3-10,14H2,1-2H3. The first-order chi connectivity index (χ1) is 8.96. The van der Waals surface area contributed by atoms with Crippen LogP contribution >= 0.6 is 0 Å². The highest BCUT2D eigenvalue weighted by Crippen LogP contribution is 2.29. The van der Waals surface area contributed by atoms with E-state index in [0.29, 0.717) is 25.6 Å². The van der Waals surface area contributed by atoms with Gasteiger partial charge in [0, 0.05) is 25.2 Å². The fraction of sp³-hybridized carbons (Fsp3) is 1.00. The van der Waals surface area contributed by atoms with Crippen LogP contribution in [0, 0.1) is 5.92 Å². The van der Waals surface area contributed by atoms with Gasteiger partial charge in [-0.25, -0.2) is 0 Å². The third-order valence-corrected chi connectivity index (χ3v) is 6.76. The van der Waals surface area contributed by atoms with Gasteiger partial charge < -0.3 is 5.73 Å². The van der Waals surface area contributed by atoms with Crippen LogP contribution in [0.5, 0.6) is 0 Å². The largest absolute Gasteiger partial charge is 0.330 e. The van der Waals surface area contributed by atoms with E-state index in [1.807, 2.05) is 13.8 Å². The van der Waals surface area contributed by atoms with E-state index < -0.39 is 10.2 Å². The SMILES string of the molecule is CC1CCCC(C)N1S(=O)(=O)N1CCCC(CN)C1. The molecule has 0 saturated carbocycles. The zero-order valence-corrected chi connectivity index (χ0v) is 12.9. The lowest BCUT2D eigenvalue weighted by atomic mass is 10.0.